The van der Waals surface area contributed by atoms with Gasteiger partial charge in [-0.2, -0.15) is 0 Å². The second kappa shape index (κ2) is 9.19. The van der Waals surface area contributed by atoms with Gasteiger partial charge < -0.3 is 10.6 Å². The Morgan fingerprint density at radius 1 is 0.853 bits per heavy atom. The smallest absolute Gasteiger partial charge is 0.295 e. The van der Waals surface area contributed by atoms with Crippen molar-refractivity contribution in [3.05, 3.63) is 105 Å². The van der Waals surface area contributed by atoms with Crippen LogP contribution in [0.15, 0.2) is 71.5 Å². The van der Waals surface area contributed by atoms with E-state index in [-0.39, 0.29) is 17.2 Å². The van der Waals surface area contributed by atoms with E-state index in [0.29, 0.717) is 33.9 Å². The number of aromatic nitrogens is 3. The monoisotopic (exact) mass is 455 g/mol. The maximum atomic E-state index is 13.1. The molecule has 0 spiro atoms. The van der Waals surface area contributed by atoms with Crippen LogP contribution in [0.4, 0.5) is 11.4 Å². The zero-order chi connectivity index (χ0) is 24.4. The minimum atomic E-state index is -0.449. The van der Waals surface area contributed by atoms with Crippen molar-refractivity contribution in [3.8, 4) is 5.69 Å². The Hall–Kier alpha value is -4.46. The molecule has 172 valence electrons. The first-order valence-electron chi connectivity index (χ1n) is 10.8. The van der Waals surface area contributed by atoms with Crippen molar-refractivity contribution in [2.24, 2.45) is 7.05 Å². The fourth-order valence-electron chi connectivity index (χ4n) is 3.76. The molecular weight excluding hydrogens is 430 g/mol. The topological polar surface area (TPSA) is 98.0 Å². The van der Waals surface area contributed by atoms with Crippen LogP contribution in [0.2, 0.25) is 0 Å². The van der Waals surface area contributed by atoms with Crippen molar-refractivity contribution in [2.75, 3.05) is 10.6 Å². The first-order chi connectivity index (χ1) is 16.3. The third kappa shape index (κ3) is 4.38. The van der Waals surface area contributed by atoms with E-state index in [4.69, 9.17) is 0 Å². The molecule has 2 aromatic carbocycles. The van der Waals surface area contributed by atoms with E-state index < -0.39 is 5.91 Å². The summed E-state index contributed by atoms with van der Waals surface area (Å²) in [5.74, 6) is -0.762. The SMILES string of the molecule is Cc1ccc(C(=O)Nc2cccc(C(=O)Nc3c(C)n(C)n(-c4ccccc4)c3=O)c2)c(C)n1. The molecule has 0 unspecified atom stereocenters. The highest BCUT2D eigenvalue weighted by molar-refractivity contribution is 6.07. The molecule has 0 saturated heterocycles. The Labute approximate surface area is 196 Å². The molecule has 8 nitrogen and oxygen atoms in total. The molecule has 0 aliphatic heterocycles. The second-order valence-corrected chi connectivity index (χ2v) is 8.01. The van der Waals surface area contributed by atoms with Crippen molar-refractivity contribution >= 4 is 23.2 Å². The van der Waals surface area contributed by atoms with Gasteiger partial charge in [-0.15, -0.1) is 0 Å². The zero-order valence-electron chi connectivity index (χ0n) is 19.4. The summed E-state index contributed by atoms with van der Waals surface area (Å²) in [5.41, 5.74) is 3.88. The largest absolute Gasteiger partial charge is 0.322 e. The van der Waals surface area contributed by atoms with Gasteiger partial charge in [0.25, 0.3) is 17.4 Å². The highest BCUT2D eigenvalue weighted by Crippen LogP contribution is 2.18. The quantitative estimate of drug-likeness (QED) is 0.475. The molecule has 34 heavy (non-hydrogen) atoms. The molecule has 0 radical (unpaired) electrons. The first-order valence-corrected chi connectivity index (χ1v) is 10.8. The number of pyridine rings is 1. The number of para-hydroxylation sites is 1. The van der Waals surface area contributed by atoms with Crippen LogP contribution in [0.1, 0.15) is 37.8 Å². The Balaban J connectivity index is 1.57. The van der Waals surface area contributed by atoms with Crippen LogP contribution in [-0.4, -0.2) is 26.2 Å². The van der Waals surface area contributed by atoms with Crippen molar-refractivity contribution in [2.45, 2.75) is 20.8 Å². The molecule has 0 aliphatic carbocycles. The van der Waals surface area contributed by atoms with E-state index in [1.54, 1.807) is 62.0 Å². The average molecular weight is 456 g/mol. The normalized spacial score (nSPS) is 10.7. The summed E-state index contributed by atoms with van der Waals surface area (Å²) in [4.78, 5) is 43.1. The third-order valence-electron chi connectivity index (χ3n) is 5.65. The molecule has 0 bridgehead atoms. The number of carbonyl (C=O) groups excluding carboxylic acids is 2. The summed E-state index contributed by atoms with van der Waals surface area (Å²) < 4.78 is 3.20. The second-order valence-electron chi connectivity index (χ2n) is 8.01. The minimum Gasteiger partial charge on any atom is -0.322 e. The van der Waals surface area contributed by atoms with E-state index in [0.717, 1.165) is 5.69 Å². The van der Waals surface area contributed by atoms with Gasteiger partial charge in [0.15, 0.2) is 0 Å². The number of aryl methyl sites for hydroxylation is 2. The number of amides is 2. The number of carbonyl (C=O) groups is 2. The predicted octanol–water partition coefficient (Wildman–Crippen LogP) is 4.00. The lowest BCUT2D eigenvalue weighted by Crippen LogP contribution is -2.23. The van der Waals surface area contributed by atoms with Gasteiger partial charge in [0.1, 0.15) is 5.69 Å². The van der Waals surface area contributed by atoms with Crippen LogP contribution in [0, 0.1) is 20.8 Å². The lowest BCUT2D eigenvalue weighted by atomic mass is 10.1. The Morgan fingerprint density at radius 2 is 1.59 bits per heavy atom. The predicted molar refractivity (Wildman–Crippen MR) is 132 cm³/mol. The lowest BCUT2D eigenvalue weighted by Gasteiger charge is -2.09. The van der Waals surface area contributed by atoms with Crippen molar-refractivity contribution in [3.63, 3.8) is 0 Å². The number of benzene rings is 2. The molecule has 2 aromatic heterocycles. The summed E-state index contributed by atoms with van der Waals surface area (Å²) in [6, 6.07) is 19.3. The molecule has 2 amide bonds. The number of rotatable bonds is 5. The lowest BCUT2D eigenvalue weighted by molar-refractivity contribution is 0.101. The highest BCUT2D eigenvalue weighted by atomic mass is 16.2. The zero-order valence-corrected chi connectivity index (χ0v) is 19.4. The first kappa shape index (κ1) is 22.7. The number of nitrogens with one attached hydrogen (secondary N) is 2. The van der Waals surface area contributed by atoms with Crippen LogP contribution in [0.25, 0.3) is 5.69 Å². The standard InChI is InChI=1S/C26H25N5O3/c1-16-13-14-22(17(2)27-16)25(33)28-20-10-8-9-19(15-20)24(32)29-23-18(3)30(4)31(26(23)34)21-11-6-5-7-12-21/h5-15H,1-4H3,(H,28,33)(H,29,32). The van der Waals surface area contributed by atoms with Gasteiger partial charge in [-0.05, 0) is 63.2 Å². The molecule has 0 saturated carbocycles. The summed E-state index contributed by atoms with van der Waals surface area (Å²) >= 11 is 0. The minimum absolute atomic E-state index is 0.201. The van der Waals surface area contributed by atoms with E-state index in [2.05, 4.69) is 15.6 Å². The number of anilines is 2. The molecule has 2 heterocycles. The average Bonchev–Trinajstić information content (AvgIpc) is 3.02. The summed E-state index contributed by atoms with van der Waals surface area (Å²) in [5, 5.41) is 5.54. The van der Waals surface area contributed by atoms with Crippen LogP contribution in [-0.2, 0) is 7.05 Å². The Morgan fingerprint density at radius 3 is 2.29 bits per heavy atom. The molecule has 8 heteroatoms. The number of nitrogens with zero attached hydrogens (tertiary/aromatic N) is 3. The van der Waals surface area contributed by atoms with E-state index in [1.165, 1.54) is 4.68 Å². The summed E-state index contributed by atoms with van der Waals surface area (Å²) in [7, 11) is 1.76. The number of hydrogen-bond acceptors (Lipinski definition) is 4. The van der Waals surface area contributed by atoms with Crippen LogP contribution in [0.5, 0.6) is 0 Å². The van der Waals surface area contributed by atoms with Crippen LogP contribution in [0.3, 0.4) is 0 Å². The van der Waals surface area contributed by atoms with E-state index in [9.17, 15) is 14.4 Å². The third-order valence-corrected chi connectivity index (χ3v) is 5.65. The summed E-state index contributed by atoms with van der Waals surface area (Å²) in [6.45, 7) is 5.40. The van der Waals surface area contributed by atoms with Gasteiger partial charge in [-0.1, -0.05) is 24.3 Å². The van der Waals surface area contributed by atoms with Gasteiger partial charge >= 0.3 is 0 Å². The fourth-order valence-corrected chi connectivity index (χ4v) is 3.76. The van der Waals surface area contributed by atoms with Crippen LogP contribution >= 0.6 is 0 Å². The van der Waals surface area contributed by atoms with E-state index >= 15 is 0 Å². The molecule has 2 N–H and O–H groups in total. The Bertz CT molecular complexity index is 1450. The van der Waals surface area contributed by atoms with Gasteiger partial charge in [0, 0.05) is 24.0 Å². The molecule has 0 aliphatic rings. The van der Waals surface area contributed by atoms with Crippen molar-refractivity contribution in [1.29, 1.82) is 0 Å². The summed E-state index contributed by atoms with van der Waals surface area (Å²) in [6.07, 6.45) is 0. The molecule has 0 fully saturated rings. The molecule has 4 aromatic rings. The fraction of sp³-hybridized carbons (Fsp3) is 0.154. The van der Waals surface area contributed by atoms with Gasteiger partial charge in [-0.3, -0.25) is 24.0 Å². The maximum Gasteiger partial charge on any atom is 0.295 e. The van der Waals surface area contributed by atoms with Gasteiger partial charge in [0.05, 0.1) is 22.6 Å². The van der Waals surface area contributed by atoms with Crippen molar-refractivity contribution in [1.82, 2.24) is 14.3 Å². The van der Waals surface area contributed by atoms with E-state index in [1.807, 2.05) is 37.3 Å². The Kier molecular flexibility index (Phi) is 6.14. The highest BCUT2D eigenvalue weighted by Gasteiger charge is 2.19. The molecule has 4 rings (SSSR count). The van der Waals surface area contributed by atoms with Gasteiger partial charge in [0.2, 0.25) is 0 Å². The van der Waals surface area contributed by atoms with Crippen molar-refractivity contribution < 1.29 is 9.59 Å². The molecule has 0 atom stereocenters. The number of hydrogen-bond donors (Lipinski definition) is 2. The maximum absolute atomic E-state index is 13.1. The molecular formula is C26H25N5O3. The van der Waals surface area contributed by atoms with Gasteiger partial charge in [-0.25, -0.2) is 4.68 Å². The van der Waals surface area contributed by atoms with Crippen LogP contribution < -0.4 is 16.2 Å².